The summed E-state index contributed by atoms with van der Waals surface area (Å²) in [5.74, 6) is -0.358. The molecule has 0 aromatic carbocycles. The van der Waals surface area contributed by atoms with Crippen molar-refractivity contribution in [1.29, 1.82) is 0 Å². The van der Waals surface area contributed by atoms with Gasteiger partial charge in [0.2, 0.25) is 0 Å². The van der Waals surface area contributed by atoms with Gasteiger partial charge >= 0.3 is 0 Å². The Balaban J connectivity index is 0.00000210. The quantitative estimate of drug-likeness (QED) is 0.812. The van der Waals surface area contributed by atoms with Gasteiger partial charge < -0.3 is 15.2 Å². The van der Waals surface area contributed by atoms with Crippen molar-refractivity contribution in [3.05, 3.63) is 63.3 Å². The van der Waals surface area contributed by atoms with Crippen molar-refractivity contribution in [2.45, 2.75) is 25.3 Å². The molecule has 4 rings (SSSR count). The molecule has 142 valence electrons. The number of aromatic amines is 1. The van der Waals surface area contributed by atoms with Gasteiger partial charge in [-0.05, 0) is 30.5 Å². The van der Waals surface area contributed by atoms with Gasteiger partial charge in [0.05, 0.1) is 6.04 Å². The molecule has 8 heteroatoms. The highest BCUT2D eigenvalue weighted by Gasteiger charge is 2.31. The van der Waals surface area contributed by atoms with Crippen LogP contribution in [0.1, 0.15) is 50.9 Å². The number of piperazine rings is 1. The van der Waals surface area contributed by atoms with Gasteiger partial charge in [-0.3, -0.25) is 19.4 Å². The first kappa shape index (κ1) is 19.3. The molecule has 0 spiro atoms. The Bertz CT molecular complexity index is 913. The fourth-order valence-corrected chi connectivity index (χ4v) is 3.71. The molecule has 2 aliphatic rings. The van der Waals surface area contributed by atoms with E-state index in [1.807, 2.05) is 12.1 Å². The molecule has 1 aliphatic heterocycles. The van der Waals surface area contributed by atoms with Crippen molar-refractivity contribution in [2.75, 3.05) is 19.6 Å². The van der Waals surface area contributed by atoms with E-state index >= 15 is 0 Å². The van der Waals surface area contributed by atoms with E-state index in [2.05, 4.69) is 15.3 Å². The van der Waals surface area contributed by atoms with E-state index < -0.39 is 5.56 Å². The van der Waals surface area contributed by atoms with Crippen LogP contribution in [-0.4, -0.2) is 46.2 Å². The second-order valence-electron chi connectivity index (χ2n) is 6.69. The average molecular weight is 389 g/mol. The van der Waals surface area contributed by atoms with Crippen LogP contribution < -0.4 is 10.9 Å². The molecule has 2 aromatic heterocycles. The summed E-state index contributed by atoms with van der Waals surface area (Å²) in [7, 11) is 0. The van der Waals surface area contributed by atoms with E-state index in [4.69, 9.17) is 0 Å². The average Bonchev–Trinajstić information content (AvgIpc) is 2.68. The summed E-state index contributed by atoms with van der Waals surface area (Å²) in [4.78, 5) is 46.4. The van der Waals surface area contributed by atoms with E-state index in [9.17, 15) is 14.4 Å². The number of carbonyl (C=O) groups excluding carboxylic acids is 2. The van der Waals surface area contributed by atoms with Crippen LogP contribution in [0.4, 0.5) is 0 Å². The van der Waals surface area contributed by atoms with E-state index in [1.54, 1.807) is 17.3 Å². The highest BCUT2D eigenvalue weighted by molar-refractivity contribution is 6.01. The smallest absolute Gasteiger partial charge is 0.261 e. The van der Waals surface area contributed by atoms with Gasteiger partial charge in [0.25, 0.3) is 11.5 Å². The number of ketones is 1. The predicted octanol–water partition coefficient (Wildman–Crippen LogP) is 1.50. The predicted molar refractivity (Wildman–Crippen MR) is 102 cm³/mol. The Morgan fingerprint density at radius 1 is 1.26 bits per heavy atom. The normalized spacial score (nSPS) is 19.2. The lowest BCUT2D eigenvalue weighted by molar-refractivity contribution is 0.0632. The second kappa shape index (κ2) is 8.02. The maximum Gasteiger partial charge on any atom is 0.261 e. The number of halogens is 1. The summed E-state index contributed by atoms with van der Waals surface area (Å²) in [6, 6.07) is 5.04. The highest BCUT2D eigenvalue weighted by Crippen LogP contribution is 2.24. The second-order valence-corrected chi connectivity index (χ2v) is 6.69. The Labute approximate surface area is 162 Å². The molecule has 7 nitrogen and oxygen atoms in total. The van der Waals surface area contributed by atoms with Gasteiger partial charge in [-0.25, -0.2) is 0 Å². The van der Waals surface area contributed by atoms with Crippen LogP contribution in [0, 0.1) is 0 Å². The molecule has 3 heterocycles. The molecular weight excluding hydrogens is 368 g/mol. The van der Waals surface area contributed by atoms with Crippen LogP contribution >= 0.6 is 12.4 Å². The Morgan fingerprint density at radius 2 is 2.11 bits per heavy atom. The van der Waals surface area contributed by atoms with Crippen molar-refractivity contribution in [3.8, 4) is 0 Å². The van der Waals surface area contributed by atoms with Crippen molar-refractivity contribution in [1.82, 2.24) is 20.2 Å². The van der Waals surface area contributed by atoms with Gasteiger partial charge in [0.15, 0.2) is 5.78 Å². The van der Waals surface area contributed by atoms with Crippen LogP contribution in [0.25, 0.3) is 0 Å². The molecule has 1 saturated heterocycles. The van der Waals surface area contributed by atoms with Gasteiger partial charge in [-0.1, -0.05) is 6.07 Å². The highest BCUT2D eigenvalue weighted by atomic mass is 35.5. The summed E-state index contributed by atoms with van der Waals surface area (Å²) in [5.41, 5.74) is 1.65. The Kier molecular flexibility index (Phi) is 5.72. The van der Waals surface area contributed by atoms with Crippen LogP contribution in [0.2, 0.25) is 0 Å². The third-order valence-electron chi connectivity index (χ3n) is 5.06. The van der Waals surface area contributed by atoms with Gasteiger partial charge in [-0.15, -0.1) is 12.4 Å². The van der Waals surface area contributed by atoms with Crippen molar-refractivity contribution in [2.24, 2.45) is 0 Å². The fraction of sp³-hybridized carbons (Fsp3) is 0.368. The fourth-order valence-electron chi connectivity index (χ4n) is 3.71. The number of pyridine rings is 2. The van der Waals surface area contributed by atoms with E-state index in [0.29, 0.717) is 43.7 Å². The minimum absolute atomic E-state index is 0. The molecule has 2 aromatic rings. The molecule has 1 atom stereocenters. The lowest BCUT2D eigenvalue weighted by atomic mass is 9.93. The molecular formula is C19H21ClN4O3. The van der Waals surface area contributed by atoms with Gasteiger partial charge in [-0.2, -0.15) is 0 Å². The van der Waals surface area contributed by atoms with Crippen molar-refractivity contribution in [3.63, 3.8) is 0 Å². The monoisotopic (exact) mass is 388 g/mol. The molecule has 0 radical (unpaired) electrons. The SMILES string of the molecule is Cl.O=C1CCCc2[nH]c(=O)c(C(=O)N3CCNCC3c3cccnc3)cc21. The van der Waals surface area contributed by atoms with E-state index in [1.165, 1.54) is 6.07 Å². The van der Waals surface area contributed by atoms with Crippen LogP contribution in [0.5, 0.6) is 0 Å². The van der Waals surface area contributed by atoms with Gasteiger partial charge in [0, 0.05) is 49.7 Å². The number of nitrogens with zero attached hydrogens (tertiary/aromatic N) is 2. The topological polar surface area (TPSA) is 95.2 Å². The minimum atomic E-state index is -0.424. The molecule has 2 N–H and O–H groups in total. The number of aromatic nitrogens is 2. The van der Waals surface area contributed by atoms with Crippen LogP contribution in [0.3, 0.4) is 0 Å². The van der Waals surface area contributed by atoms with E-state index in [-0.39, 0.29) is 35.7 Å². The minimum Gasteiger partial charge on any atom is -0.329 e. The zero-order valence-corrected chi connectivity index (χ0v) is 15.6. The number of aryl methyl sites for hydroxylation is 1. The lowest BCUT2D eigenvalue weighted by Crippen LogP contribution is -2.49. The Hall–Kier alpha value is -2.51. The first-order chi connectivity index (χ1) is 12.6. The largest absolute Gasteiger partial charge is 0.329 e. The zero-order valence-electron chi connectivity index (χ0n) is 14.7. The van der Waals surface area contributed by atoms with E-state index in [0.717, 1.165) is 12.0 Å². The summed E-state index contributed by atoms with van der Waals surface area (Å²) >= 11 is 0. The third kappa shape index (κ3) is 3.65. The first-order valence-electron chi connectivity index (χ1n) is 8.86. The van der Waals surface area contributed by atoms with Crippen molar-refractivity contribution < 1.29 is 9.59 Å². The lowest BCUT2D eigenvalue weighted by Gasteiger charge is -2.36. The standard InChI is InChI=1S/C19H20N4O3.ClH/c24-17-5-1-4-15-13(17)9-14(18(25)22-15)19(26)23-8-7-21-11-16(23)12-3-2-6-20-10-12;/h2-3,6,9-10,16,21H,1,4-5,7-8,11H2,(H,22,25);1H. The first-order valence-corrected chi connectivity index (χ1v) is 8.86. The number of nitrogens with one attached hydrogen (secondary N) is 2. The number of hydrogen-bond donors (Lipinski definition) is 2. The number of H-pyrrole nitrogens is 1. The molecule has 0 bridgehead atoms. The number of amides is 1. The molecule has 1 amide bonds. The van der Waals surface area contributed by atoms with Gasteiger partial charge in [0.1, 0.15) is 5.56 Å². The molecule has 1 fully saturated rings. The van der Waals surface area contributed by atoms with Crippen LogP contribution in [0.15, 0.2) is 35.4 Å². The number of hydrogen-bond acceptors (Lipinski definition) is 5. The number of Topliss-reactive ketones (excluding diaryl/α,β-unsaturated/α-hetero) is 1. The number of carbonyl (C=O) groups is 2. The molecule has 0 saturated carbocycles. The maximum atomic E-state index is 13.1. The molecule has 1 aliphatic carbocycles. The van der Waals surface area contributed by atoms with Crippen LogP contribution in [-0.2, 0) is 6.42 Å². The number of rotatable bonds is 2. The third-order valence-corrected chi connectivity index (χ3v) is 5.06. The summed E-state index contributed by atoms with van der Waals surface area (Å²) in [6.45, 7) is 1.74. The molecule has 1 unspecified atom stereocenters. The summed E-state index contributed by atoms with van der Waals surface area (Å²) in [5, 5.41) is 3.28. The maximum absolute atomic E-state index is 13.1. The molecule has 27 heavy (non-hydrogen) atoms. The summed E-state index contributed by atoms with van der Waals surface area (Å²) in [6.07, 6.45) is 5.27. The Morgan fingerprint density at radius 3 is 2.89 bits per heavy atom. The summed E-state index contributed by atoms with van der Waals surface area (Å²) < 4.78 is 0. The number of fused-ring (bicyclic) bond motifs is 1. The zero-order chi connectivity index (χ0) is 18.1. The van der Waals surface area contributed by atoms with Crippen molar-refractivity contribution >= 4 is 24.1 Å².